The standard InChI is InChI=1S/C10H14N2O2/c1-11-5-2-3-9(11)10(14)12-6-4-8(13)7-12/h2-3,5,8,13H,4,6-7H2,1H3. The quantitative estimate of drug-likeness (QED) is 0.695. The molecule has 1 aromatic heterocycles. The van der Waals surface area contributed by atoms with E-state index in [1.54, 1.807) is 15.5 Å². The third-order valence-electron chi connectivity index (χ3n) is 2.61. The summed E-state index contributed by atoms with van der Waals surface area (Å²) in [6.07, 6.45) is 2.19. The molecule has 0 saturated carbocycles. The van der Waals surface area contributed by atoms with Crippen LogP contribution in [0.4, 0.5) is 0 Å². The van der Waals surface area contributed by atoms with Gasteiger partial charge in [0.15, 0.2) is 0 Å². The van der Waals surface area contributed by atoms with E-state index in [1.165, 1.54) is 0 Å². The Balaban J connectivity index is 2.13. The highest BCUT2D eigenvalue weighted by molar-refractivity contribution is 5.92. The van der Waals surface area contributed by atoms with Crippen molar-refractivity contribution in [3.63, 3.8) is 0 Å². The number of aliphatic hydroxyl groups excluding tert-OH is 1. The molecule has 0 spiro atoms. The van der Waals surface area contributed by atoms with Gasteiger partial charge in [-0.05, 0) is 18.6 Å². The number of hydrogen-bond donors (Lipinski definition) is 1. The van der Waals surface area contributed by atoms with Crippen molar-refractivity contribution >= 4 is 5.91 Å². The highest BCUT2D eigenvalue weighted by Crippen LogP contribution is 2.13. The van der Waals surface area contributed by atoms with E-state index >= 15 is 0 Å². The molecule has 2 rings (SSSR count). The summed E-state index contributed by atoms with van der Waals surface area (Å²) in [6.45, 7) is 1.12. The lowest BCUT2D eigenvalue weighted by Gasteiger charge is -2.15. The summed E-state index contributed by atoms with van der Waals surface area (Å²) >= 11 is 0. The molecule has 1 aromatic rings. The first-order valence-corrected chi connectivity index (χ1v) is 4.77. The molecular weight excluding hydrogens is 180 g/mol. The van der Waals surface area contributed by atoms with E-state index in [1.807, 2.05) is 19.3 Å². The molecule has 0 bridgehead atoms. The lowest BCUT2D eigenvalue weighted by Crippen LogP contribution is -2.30. The minimum absolute atomic E-state index is 0.00838. The predicted octanol–water partition coefficient (Wildman–Crippen LogP) is 0.232. The fourth-order valence-corrected chi connectivity index (χ4v) is 1.77. The number of likely N-dealkylation sites (tertiary alicyclic amines) is 1. The Morgan fingerprint density at radius 3 is 2.93 bits per heavy atom. The topological polar surface area (TPSA) is 45.5 Å². The van der Waals surface area contributed by atoms with Crippen LogP contribution in [-0.2, 0) is 7.05 Å². The Morgan fingerprint density at radius 2 is 2.43 bits per heavy atom. The van der Waals surface area contributed by atoms with Crippen LogP contribution in [0.1, 0.15) is 16.9 Å². The van der Waals surface area contributed by atoms with Gasteiger partial charge in [0.1, 0.15) is 5.69 Å². The zero-order valence-corrected chi connectivity index (χ0v) is 8.18. The van der Waals surface area contributed by atoms with Crippen LogP contribution in [0, 0.1) is 0 Å². The molecule has 0 aromatic carbocycles. The van der Waals surface area contributed by atoms with Gasteiger partial charge in [0, 0.05) is 26.3 Å². The molecule has 0 radical (unpaired) electrons. The Labute approximate surface area is 82.7 Å². The Morgan fingerprint density at radius 1 is 1.64 bits per heavy atom. The molecule has 4 nitrogen and oxygen atoms in total. The number of nitrogens with zero attached hydrogens (tertiary/aromatic N) is 2. The van der Waals surface area contributed by atoms with Gasteiger partial charge in [-0.25, -0.2) is 0 Å². The summed E-state index contributed by atoms with van der Waals surface area (Å²) < 4.78 is 1.80. The summed E-state index contributed by atoms with van der Waals surface area (Å²) in [4.78, 5) is 13.6. The van der Waals surface area contributed by atoms with Crippen LogP contribution in [-0.4, -0.2) is 39.7 Å². The maximum absolute atomic E-state index is 11.9. The van der Waals surface area contributed by atoms with Gasteiger partial charge in [-0.2, -0.15) is 0 Å². The molecule has 14 heavy (non-hydrogen) atoms. The van der Waals surface area contributed by atoms with Gasteiger partial charge in [0.05, 0.1) is 6.10 Å². The predicted molar refractivity (Wildman–Crippen MR) is 51.9 cm³/mol. The molecule has 1 aliphatic heterocycles. The maximum Gasteiger partial charge on any atom is 0.270 e. The van der Waals surface area contributed by atoms with E-state index in [-0.39, 0.29) is 12.0 Å². The van der Waals surface area contributed by atoms with Gasteiger partial charge in [-0.15, -0.1) is 0 Å². The van der Waals surface area contributed by atoms with Crippen LogP contribution in [0.3, 0.4) is 0 Å². The Hall–Kier alpha value is -1.29. The van der Waals surface area contributed by atoms with E-state index in [9.17, 15) is 9.90 Å². The van der Waals surface area contributed by atoms with Crippen molar-refractivity contribution in [2.45, 2.75) is 12.5 Å². The average molecular weight is 194 g/mol. The van der Waals surface area contributed by atoms with Crippen LogP contribution >= 0.6 is 0 Å². The number of rotatable bonds is 1. The average Bonchev–Trinajstić information content (AvgIpc) is 2.73. The van der Waals surface area contributed by atoms with E-state index in [0.717, 1.165) is 0 Å². The summed E-state index contributed by atoms with van der Waals surface area (Å²) in [5, 5.41) is 9.31. The summed E-state index contributed by atoms with van der Waals surface area (Å²) in [5.74, 6) is 0.00838. The number of aryl methyl sites for hydroxylation is 1. The molecule has 1 atom stereocenters. The SMILES string of the molecule is Cn1cccc1C(=O)N1CCC(O)C1. The van der Waals surface area contributed by atoms with Gasteiger partial charge in [-0.3, -0.25) is 4.79 Å². The lowest BCUT2D eigenvalue weighted by atomic mass is 10.3. The maximum atomic E-state index is 11.9. The first-order valence-electron chi connectivity index (χ1n) is 4.77. The van der Waals surface area contributed by atoms with Crippen molar-refractivity contribution < 1.29 is 9.90 Å². The normalized spacial score (nSPS) is 21.6. The van der Waals surface area contributed by atoms with E-state index in [4.69, 9.17) is 0 Å². The number of aromatic nitrogens is 1. The second-order valence-electron chi connectivity index (χ2n) is 3.70. The van der Waals surface area contributed by atoms with Crippen LogP contribution < -0.4 is 0 Å². The van der Waals surface area contributed by atoms with E-state index < -0.39 is 0 Å². The zero-order chi connectivity index (χ0) is 10.1. The Kier molecular flexibility index (Phi) is 2.29. The highest BCUT2D eigenvalue weighted by Gasteiger charge is 2.26. The van der Waals surface area contributed by atoms with Gasteiger partial charge in [0.2, 0.25) is 0 Å². The van der Waals surface area contributed by atoms with Crippen LogP contribution in [0.15, 0.2) is 18.3 Å². The van der Waals surface area contributed by atoms with Crippen molar-refractivity contribution in [1.82, 2.24) is 9.47 Å². The van der Waals surface area contributed by atoms with Crippen molar-refractivity contribution in [3.8, 4) is 0 Å². The number of carbonyl (C=O) groups is 1. The van der Waals surface area contributed by atoms with E-state index in [2.05, 4.69) is 0 Å². The third kappa shape index (κ3) is 1.53. The van der Waals surface area contributed by atoms with Crippen molar-refractivity contribution in [1.29, 1.82) is 0 Å². The molecule has 1 unspecified atom stereocenters. The van der Waals surface area contributed by atoms with Gasteiger partial charge in [-0.1, -0.05) is 0 Å². The van der Waals surface area contributed by atoms with Gasteiger partial charge >= 0.3 is 0 Å². The minimum atomic E-state index is -0.348. The monoisotopic (exact) mass is 194 g/mol. The molecular formula is C10H14N2O2. The fourth-order valence-electron chi connectivity index (χ4n) is 1.77. The summed E-state index contributed by atoms with van der Waals surface area (Å²) in [7, 11) is 1.85. The zero-order valence-electron chi connectivity index (χ0n) is 8.18. The summed E-state index contributed by atoms with van der Waals surface area (Å²) in [6, 6.07) is 3.65. The number of hydrogen-bond acceptors (Lipinski definition) is 2. The lowest BCUT2D eigenvalue weighted by molar-refractivity contribution is 0.0755. The number of amides is 1. The molecule has 76 valence electrons. The number of aliphatic hydroxyl groups is 1. The second kappa shape index (κ2) is 3.46. The molecule has 1 amide bonds. The van der Waals surface area contributed by atoms with Crippen molar-refractivity contribution in [3.05, 3.63) is 24.0 Å². The molecule has 2 heterocycles. The molecule has 1 saturated heterocycles. The fraction of sp³-hybridized carbons (Fsp3) is 0.500. The molecule has 1 fully saturated rings. The van der Waals surface area contributed by atoms with Crippen LogP contribution in [0.2, 0.25) is 0 Å². The van der Waals surface area contributed by atoms with Crippen LogP contribution in [0.5, 0.6) is 0 Å². The Bertz CT molecular complexity index is 346. The van der Waals surface area contributed by atoms with Crippen molar-refractivity contribution in [2.75, 3.05) is 13.1 Å². The van der Waals surface area contributed by atoms with Gasteiger partial charge < -0.3 is 14.6 Å². The smallest absolute Gasteiger partial charge is 0.270 e. The molecule has 1 aliphatic rings. The molecule has 1 N–H and O–H groups in total. The van der Waals surface area contributed by atoms with Crippen molar-refractivity contribution in [2.24, 2.45) is 7.05 Å². The largest absolute Gasteiger partial charge is 0.391 e. The van der Waals surface area contributed by atoms with Crippen LogP contribution in [0.25, 0.3) is 0 Å². The van der Waals surface area contributed by atoms with Gasteiger partial charge in [0.25, 0.3) is 5.91 Å². The molecule has 0 aliphatic carbocycles. The van der Waals surface area contributed by atoms with E-state index in [0.29, 0.717) is 25.2 Å². The first-order chi connectivity index (χ1) is 6.68. The third-order valence-corrected chi connectivity index (χ3v) is 2.61. The number of carbonyl (C=O) groups excluding carboxylic acids is 1. The molecule has 4 heteroatoms. The second-order valence-corrected chi connectivity index (χ2v) is 3.70. The highest BCUT2D eigenvalue weighted by atomic mass is 16.3. The number of β-amino-alcohol motifs (C(OH)–C–C–N with tert-alkyl or cyclic N) is 1. The first kappa shape index (κ1) is 9.27. The minimum Gasteiger partial charge on any atom is -0.391 e. The summed E-state index contributed by atoms with van der Waals surface area (Å²) in [5.41, 5.74) is 0.680.